The third-order valence-electron chi connectivity index (χ3n) is 4.01. The van der Waals surface area contributed by atoms with E-state index in [4.69, 9.17) is 0 Å². The molecule has 5 nitrogen and oxygen atoms in total. The highest BCUT2D eigenvalue weighted by molar-refractivity contribution is 5.94. The lowest BCUT2D eigenvalue weighted by Gasteiger charge is -2.34. The molecule has 0 aromatic heterocycles. The molecular weight excluding hydrogens is 297 g/mol. The summed E-state index contributed by atoms with van der Waals surface area (Å²) in [4.78, 5) is 27.9. The highest BCUT2D eigenvalue weighted by Gasteiger charge is 2.20. The molecule has 2 rings (SSSR count). The van der Waals surface area contributed by atoms with E-state index in [0.717, 1.165) is 39.1 Å². The highest BCUT2D eigenvalue weighted by atomic mass is 19.1. The molecule has 0 unspecified atom stereocenters. The minimum Gasteiger partial charge on any atom is -0.351 e. The Morgan fingerprint density at radius 3 is 2.39 bits per heavy atom. The average Bonchev–Trinajstić information content (AvgIpc) is 2.56. The first-order valence-corrected chi connectivity index (χ1v) is 8.14. The van der Waals surface area contributed by atoms with Crippen LogP contribution in [0.15, 0.2) is 24.3 Å². The first kappa shape index (κ1) is 17.4. The van der Waals surface area contributed by atoms with Crippen LogP contribution in [-0.4, -0.2) is 60.9 Å². The van der Waals surface area contributed by atoms with Gasteiger partial charge in [0.2, 0.25) is 5.91 Å². The molecule has 0 aliphatic carbocycles. The number of piperazine rings is 1. The molecule has 1 aliphatic rings. The van der Waals surface area contributed by atoms with Crippen LogP contribution >= 0.6 is 0 Å². The van der Waals surface area contributed by atoms with Crippen LogP contribution in [0.25, 0.3) is 0 Å². The summed E-state index contributed by atoms with van der Waals surface area (Å²) in [5, 5.41) is 2.84. The van der Waals surface area contributed by atoms with Gasteiger partial charge in [-0.25, -0.2) is 4.39 Å². The lowest BCUT2D eigenvalue weighted by Crippen LogP contribution is -2.50. The van der Waals surface area contributed by atoms with Gasteiger partial charge in [-0.05, 0) is 30.7 Å². The molecule has 0 atom stereocenters. The van der Waals surface area contributed by atoms with Crippen LogP contribution < -0.4 is 5.32 Å². The normalized spacial score (nSPS) is 15.5. The third kappa shape index (κ3) is 5.32. The van der Waals surface area contributed by atoms with Gasteiger partial charge in [0.25, 0.3) is 5.91 Å². The summed E-state index contributed by atoms with van der Waals surface area (Å²) in [6.45, 7) is 6.49. The van der Waals surface area contributed by atoms with Crippen LogP contribution in [0, 0.1) is 5.82 Å². The summed E-state index contributed by atoms with van der Waals surface area (Å²) >= 11 is 0. The Balaban J connectivity index is 1.66. The fraction of sp³-hybridized carbons (Fsp3) is 0.529. The molecule has 23 heavy (non-hydrogen) atoms. The van der Waals surface area contributed by atoms with E-state index in [9.17, 15) is 14.0 Å². The second-order valence-electron chi connectivity index (χ2n) is 5.74. The molecule has 1 heterocycles. The zero-order valence-electron chi connectivity index (χ0n) is 13.6. The maximum atomic E-state index is 12.8. The quantitative estimate of drug-likeness (QED) is 0.864. The number of halogens is 1. The predicted molar refractivity (Wildman–Crippen MR) is 86.7 cm³/mol. The van der Waals surface area contributed by atoms with E-state index in [-0.39, 0.29) is 17.6 Å². The Morgan fingerprint density at radius 1 is 1.13 bits per heavy atom. The van der Waals surface area contributed by atoms with Crippen LogP contribution in [0.3, 0.4) is 0 Å². The van der Waals surface area contributed by atoms with E-state index in [1.807, 2.05) is 11.8 Å². The van der Waals surface area contributed by atoms with Gasteiger partial charge in [-0.3, -0.25) is 14.5 Å². The number of carbonyl (C=O) groups is 2. The molecule has 1 aliphatic heterocycles. The van der Waals surface area contributed by atoms with E-state index < -0.39 is 0 Å². The average molecular weight is 321 g/mol. The van der Waals surface area contributed by atoms with Gasteiger partial charge in [-0.2, -0.15) is 0 Å². The molecule has 6 heteroatoms. The smallest absolute Gasteiger partial charge is 0.251 e. The maximum Gasteiger partial charge on any atom is 0.251 e. The van der Waals surface area contributed by atoms with Crippen LogP contribution in [0.5, 0.6) is 0 Å². The molecule has 1 aromatic rings. The standard InChI is InChI=1S/C17H24FN3O2/c1-2-3-16(22)21-12-10-20(11-13-21)9-8-19-17(23)14-4-6-15(18)7-5-14/h4-7H,2-3,8-13H2,1H3,(H,19,23). The van der Waals surface area contributed by atoms with Gasteiger partial charge in [-0.15, -0.1) is 0 Å². The van der Waals surface area contributed by atoms with Crippen molar-refractivity contribution < 1.29 is 14.0 Å². The van der Waals surface area contributed by atoms with E-state index in [2.05, 4.69) is 10.2 Å². The second kappa shape index (κ2) is 8.62. The number of benzene rings is 1. The van der Waals surface area contributed by atoms with E-state index >= 15 is 0 Å². The summed E-state index contributed by atoms with van der Waals surface area (Å²) < 4.78 is 12.8. The topological polar surface area (TPSA) is 52.7 Å². The number of hydrogen-bond acceptors (Lipinski definition) is 3. The molecule has 0 radical (unpaired) electrons. The predicted octanol–water partition coefficient (Wildman–Crippen LogP) is 1.50. The van der Waals surface area contributed by atoms with Crippen molar-refractivity contribution in [2.75, 3.05) is 39.3 Å². The lowest BCUT2D eigenvalue weighted by atomic mass is 10.2. The Bertz CT molecular complexity index is 525. The monoisotopic (exact) mass is 321 g/mol. The Labute approximate surface area is 136 Å². The fourth-order valence-electron chi connectivity index (χ4n) is 2.62. The largest absolute Gasteiger partial charge is 0.351 e. The van der Waals surface area contributed by atoms with Crippen LogP contribution in [-0.2, 0) is 4.79 Å². The van der Waals surface area contributed by atoms with Crippen molar-refractivity contribution in [3.8, 4) is 0 Å². The number of nitrogens with zero attached hydrogens (tertiary/aromatic N) is 2. The van der Waals surface area contributed by atoms with Gasteiger partial charge in [-0.1, -0.05) is 6.92 Å². The maximum absolute atomic E-state index is 12.8. The molecule has 1 N–H and O–H groups in total. The van der Waals surface area contributed by atoms with Crippen molar-refractivity contribution >= 4 is 11.8 Å². The van der Waals surface area contributed by atoms with Crippen LogP contribution in [0.1, 0.15) is 30.1 Å². The molecule has 1 saturated heterocycles. The first-order chi connectivity index (χ1) is 11.1. The molecule has 1 fully saturated rings. The minimum absolute atomic E-state index is 0.193. The van der Waals surface area contributed by atoms with Gasteiger partial charge >= 0.3 is 0 Å². The third-order valence-corrected chi connectivity index (χ3v) is 4.01. The Kier molecular flexibility index (Phi) is 6.52. The van der Waals surface area contributed by atoms with Crippen molar-refractivity contribution in [3.05, 3.63) is 35.6 Å². The van der Waals surface area contributed by atoms with Crippen molar-refractivity contribution in [1.82, 2.24) is 15.1 Å². The van der Waals surface area contributed by atoms with Crippen LogP contribution in [0.2, 0.25) is 0 Å². The molecule has 0 spiro atoms. The van der Waals surface area contributed by atoms with Crippen molar-refractivity contribution in [2.45, 2.75) is 19.8 Å². The van der Waals surface area contributed by atoms with Crippen molar-refractivity contribution in [2.24, 2.45) is 0 Å². The molecule has 0 saturated carbocycles. The molecule has 1 aromatic carbocycles. The summed E-state index contributed by atoms with van der Waals surface area (Å²) in [5.74, 6) is -0.310. The highest BCUT2D eigenvalue weighted by Crippen LogP contribution is 2.05. The van der Waals surface area contributed by atoms with Gasteiger partial charge in [0, 0.05) is 51.3 Å². The summed E-state index contributed by atoms with van der Waals surface area (Å²) in [7, 11) is 0. The van der Waals surface area contributed by atoms with Crippen LogP contribution in [0.4, 0.5) is 4.39 Å². The Morgan fingerprint density at radius 2 is 1.78 bits per heavy atom. The number of rotatable bonds is 6. The van der Waals surface area contributed by atoms with Crippen molar-refractivity contribution in [3.63, 3.8) is 0 Å². The number of carbonyl (C=O) groups excluding carboxylic acids is 2. The summed E-state index contributed by atoms with van der Waals surface area (Å²) in [5.41, 5.74) is 0.460. The molecular formula is C17H24FN3O2. The summed E-state index contributed by atoms with van der Waals surface area (Å²) in [6.07, 6.45) is 1.50. The lowest BCUT2D eigenvalue weighted by molar-refractivity contribution is -0.132. The van der Waals surface area contributed by atoms with Gasteiger partial charge in [0.15, 0.2) is 0 Å². The van der Waals surface area contributed by atoms with E-state index in [0.29, 0.717) is 18.5 Å². The second-order valence-corrected chi connectivity index (χ2v) is 5.74. The zero-order chi connectivity index (χ0) is 16.7. The molecule has 0 bridgehead atoms. The number of nitrogens with one attached hydrogen (secondary N) is 1. The SMILES string of the molecule is CCCC(=O)N1CCN(CCNC(=O)c2ccc(F)cc2)CC1. The zero-order valence-corrected chi connectivity index (χ0v) is 13.6. The summed E-state index contributed by atoms with van der Waals surface area (Å²) in [6, 6.07) is 5.51. The molecule has 126 valence electrons. The molecule has 2 amide bonds. The van der Waals surface area contributed by atoms with Gasteiger partial charge in [0.05, 0.1) is 0 Å². The van der Waals surface area contributed by atoms with E-state index in [1.54, 1.807) is 0 Å². The van der Waals surface area contributed by atoms with E-state index in [1.165, 1.54) is 24.3 Å². The fourth-order valence-corrected chi connectivity index (χ4v) is 2.62. The number of amides is 2. The van der Waals surface area contributed by atoms with Gasteiger partial charge < -0.3 is 10.2 Å². The van der Waals surface area contributed by atoms with Gasteiger partial charge in [0.1, 0.15) is 5.82 Å². The number of hydrogen-bond donors (Lipinski definition) is 1. The minimum atomic E-state index is -0.350. The Hall–Kier alpha value is -1.95. The first-order valence-electron chi connectivity index (χ1n) is 8.14. The van der Waals surface area contributed by atoms with Crippen molar-refractivity contribution in [1.29, 1.82) is 0 Å².